The number of carbonyl (C=O) groups is 1. The van der Waals surface area contributed by atoms with Crippen molar-refractivity contribution >= 4 is 33.3 Å². The van der Waals surface area contributed by atoms with Gasteiger partial charge in [-0.15, -0.1) is 11.3 Å². The number of amides is 1. The van der Waals surface area contributed by atoms with Crippen molar-refractivity contribution < 1.29 is 4.79 Å². The van der Waals surface area contributed by atoms with Gasteiger partial charge in [0.25, 0.3) is 5.56 Å². The molecule has 5 nitrogen and oxygen atoms in total. The Morgan fingerprint density at radius 2 is 1.92 bits per heavy atom. The minimum absolute atomic E-state index is 0.153. The third-order valence-electron chi connectivity index (χ3n) is 4.54. The van der Waals surface area contributed by atoms with Crippen LogP contribution in [0.2, 0.25) is 0 Å². The van der Waals surface area contributed by atoms with E-state index in [2.05, 4.69) is 16.4 Å². The molecule has 3 aromatic rings. The second-order valence-electron chi connectivity index (χ2n) is 6.72. The van der Waals surface area contributed by atoms with E-state index >= 15 is 0 Å². The second-order valence-corrected chi connectivity index (χ2v) is 7.58. The molecule has 6 heteroatoms. The van der Waals surface area contributed by atoms with E-state index in [0.717, 1.165) is 33.3 Å². The van der Waals surface area contributed by atoms with Crippen molar-refractivity contribution in [1.29, 1.82) is 0 Å². The van der Waals surface area contributed by atoms with Gasteiger partial charge in [-0.2, -0.15) is 0 Å². The molecule has 0 radical (unpaired) electrons. The molecule has 136 valence electrons. The third kappa shape index (κ3) is 3.29. The summed E-state index contributed by atoms with van der Waals surface area (Å²) in [7, 11) is 0. The summed E-state index contributed by atoms with van der Waals surface area (Å²) in [5.74, 6) is -0.214. The summed E-state index contributed by atoms with van der Waals surface area (Å²) in [6, 6.07) is 5.15. The summed E-state index contributed by atoms with van der Waals surface area (Å²) in [5, 5.41) is 6.31. The smallest absolute Gasteiger partial charge is 0.252 e. The van der Waals surface area contributed by atoms with Crippen LogP contribution in [0.1, 0.15) is 41.8 Å². The zero-order valence-electron chi connectivity index (χ0n) is 15.7. The zero-order valence-corrected chi connectivity index (χ0v) is 16.5. The highest BCUT2D eigenvalue weighted by molar-refractivity contribution is 7.13. The molecule has 1 unspecified atom stereocenters. The van der Waals surface area contributed by atoms with Crippen molar-refractivity contribution in [2.45, 2.75) is 47.1 Å². The molecule has 26 heavy (non-hydrogen) atoms. The number of hydrogen-bond acceptors (Lipinski definition) is 4. The minimum atomic E-state index is -0.587. The molecule has 0 saturated carbocycles. The average molecular weight is 369 g/mol. The number of nitrogens with zero attached hydrogens (tertiary/aromatic N) is 2. The molecule has 1 N–H and O–H groups in total. The normalized spacial score (nSPS) is 12.3. The van der Waals surface area contributed by atoms with Crippen LogP contribution >= 0.6 is 11.3 Å². The number of hydrogen-bond donors (Lipinski definition) is 1. The first-order valence-corrected chi connectivity index (χ1v) is 9.56. The Morgan fingerprint density at radius 1 is 1.19 bits per heavy atom. The molecule has 0 aliphatic rings. The maximum atomic E-state index is 12.9. The van der Waals surface area contributed by atoms with E-state index in [1.165, 1.54) is 11.3 Å². The molecule has 2 heterocycles. The molecule has 1 amide bonds. The zero-order chi connectivity index (χ0) is 19.0. The Labute approximate surface area is 156 Å². The van der Waals surface area contributed by atoms with Crippen LogP contribution in [0.25, 0.3) is 10.9 Å². The first-order chi connectivity index (χ1) is 12.3. The number of pyridine rings is 1. The van der Waals surface area contributed by atoms with Crippen LogP contribution in [0.3, 0.4) is 0 Å². The van der Waals surface area contributed by atoms with E-state index < -0.39 is 6.04 Å². The Balaban J connectivity index is 2.15. The van der Waals surface area contributed by atoms with Gasteiger partial charge in [0, 0.05) is 16.8 Å². The summed E-state index contributed by atoms with van der Waals surface area (Å²) >= 11 is 1.39. The van der Waals surface area contributed by atoms with E-state index in [1.54, 1.807) is 10.6 Å². The number of carbonyl (C=O) groups excluding carboxylic acids is 1. The predicted octanol–water partition coefficient (Wildman–Crippen LogP) is 4.28. The van der Waals surface area contributed by atoms with Crippen molar-refractivity contribution in [2.75, 3.05) is 5.32 Å². The maximum absolute atomic E-state index is 12.9. The van der Waals surface area contributed by atoms with Crippen molar-refractivity contribution in [3.63, 3.8) is 0 Å². The fourth-order valence-corrected chi connectivity index (χ4v) is 4.11. The van der Waals surface area contributed by atoms with Crippen molar-refractivity contribution in [2.24, 2.45) is 0 Å². The lowest BCUT2D eigenvalue weighted by molar-refractivity contribution is -0.119. The summed E-state index contributed by atoms with van der Waals surface area (Å²) in [6.07, 6.45) is 0.515. The topological polar surface area (TPSA) is 64.0 Å². The molecule has 0 bridgehead atoms. The first kappa shape index (κ1) is 18.3. The highest BCUT2D eigenvalue weighted by atomic mass is 32.1. The number of aryl methyl sites for hydroxylation is 4. The average Bonchev–Trinajstić information content (AvgIpc) is 2.96. The summed E-state index contributed by atoms with van der Waals surface area (Å²) in [4.78, 5) is 30.0. The predicted molar refractivity (Wildman–Crippen MR) is 107 cm³/mol. The lowest BCUT2D eigenvalue weighted by Crippen LogP contribution is -2.33. The molecular weight excluding hydrogens is 346 g/mol. The van der Waals surface area contributed by atoms with Gasteiger partial charge >= 0.3 is 0 Å². The molecule has 1 atom stereocenters. The van der Waals surface area contributed by atoms with Gasteiger partial charge in [-0.3, -0.25) is 14.2 Å². The number of anilines is 1. The first-order valence-electron chi connectivity index (χ1n) is 8.68. The standard InChI is InChI=1S/C20H23N3O2S/c1-6-16(19(25)22-20-21-14(5)10-26-20)23-17(24)9-12(3)15-8-11(2)7-13(4)18(15)23/h7-10,16H,6H2,1-5H3,(H,21,22,25). The van der Waals surface area contributed by atoms with E-state index in [1.807, 2.05) is 46.1 Å². The van der Waals surface area contributed by atoms with Crippen LogP contribution in [-0.2, 0) is 4.79 Å². The van der Waals surface area contributed by atoms with Crippen LogP contribution in [0.5, 0.6) is 0 Å². The van der Waals surface area contributed by atoms with E-state index in [4.69, 9.17) is 0 Å². The minimum Gasteiger partial charge on any atom is -0.300 e. The van der Waals surface area contributed by atoms with Crippen molar-refractivity contribution in [3.05, 3.63) is 56.3 Å². The highest BCUT2D eigenvalue weighted by Gasteiger charge is 2.24. The monoisotopic (exact) mass is 369 g/mol. The quantitative estimate of drug-likeness (QED) is 0.746. The maximum Gasteiger partial charge on any atom is 0.252 e. The number of nitrogens with one attached hydrogen (secondary N) is 1. The fourth-order valence-electron chi connectivity index (χ4n) is 3.42. The van der Waals surface area contributed by atoms with Gasteiger partial charge in [0.1, 0.15) is 6.04 Å². The molecule has 0 spiro atoms. The van der Waals surface area contributed by atoms with Gasteiger partial charge in [0.2, 0.25) is 5.91 Å². The molecule has 0 aliphatic carbocycles. The summed E-state index contributed by atoms with van der Waals surface area (Å²) in [6.45, 7) is 9.76. The summed E-state index contributed by atoms with van der Waals surface area (Å²) in [5.41, 5.74) is 4.61. The largest absolute Gasteiger partial charge is 0.300 e. The van der Waals surface area contributed by atoms with Gasteiger partial charge in [-0.25, -0.2) is 4.98 Å². The number of thiazole rings is 1. The van der Waals surface area contributed by atoms with Crippen molar-refractivity contribution in [3.8, 4) is 0 Å². The Bertz CT molecular complexity index is 1050. The van der Waals surface area contributed by atoms with E-state index in [-0.39, 0.29) is 11.5 Å². The van der Waals surface area contributed by atoms with Crippen LogP contribution < -0.4 is 10.9 Å². The van der Waals surface area contributed by atoms with Crippen LogP contribution in [0.15, 0.2) is 28.4 Å². The fraction of sp³-hybridized carbons (Fsp3) is 0.350. The molecule has 3 rings (SSSR count). The lowest BCUT2D eigenvalue weighted by atomic mass is 10.0. The number of fused-ring (bicyclic) bond motifs is 1. The molecule has 0 fully saturated rings. The van der Waals surface area contributed by atoms with Gasteiger partial charge in [-0.05, 0) is 51.3 Å². The SMILES string of the molecule is CCC(C(=O)Nc1nc(C)cs1)n1c(=O)cc(C)c2cc(C)cc(C)c21. The van der Waals surface area contributed by atoms with Crippen LogP contribution in [0, 0.1) is 27.7 Å². The van der Waals surface area contributed by atoms with Gasteiger partial charge in [0.15, 0.2) is 5.13 Å². The highest BCUT2D eigenvalue weighted by Crippen LogP contribution is 2.26. The van der Waals surface area contributed by atoms with Gasteiger partial charge in [-0.1, -0.05) is 18.6 Å². The number of aromatic nitrogens is 2. The molecule has 1 aromatic carbocycles. The Morgan fingerprint density at radius 3 is 2.54 bits per heavy atom. The van der Waals surface area contributed by atoms with E-state index in [9.17, 15) is 9.59 Å². The van der Waals surface area contributed by atoms with Crippen molar-refractivity contribution in [1.82, 2.24) is 9.55 Å². The third-order valence-corrected chi connectivity index (χ3v) is 5.41. The Kier molecular flexibility index (Phi) is 4.96. The van der Waals surface area contributed by atoms with Crippen LogP contribution in [0.4, 0.5) is 5.13 Å². The molecule has 0 aliphatic heterocycles. The molecular formula is C20H23N3O2S. The molecule has 0 saturated heterocycles. The number of rotatable bonds is 4. The van der Waals surface area contributed by atoms with E-state index in [0.29, 0.717) is 11.6 Å². The number of benzene rings is 1. The Hall–Kier alpha value is -2.47. The molecule has 2 aromatic heterocycles. The second kappa shape index (κ2) is 7.03. The summed E-state index contributed by atoms with van der Waals surface area (Å²) < 4.78 is 1.63. The van der Waals surface area contributed by atoms with Gasteiger partial charge in [0.05, 0.1) is 11.2 Å². The lowest BCUT2D eigenvalue weighted by Gasteiger charge is -2.22. The van der Waals surface area contributed by atoms with Gasteiger partial charge < -0.3 is 5.32 Å². The van der Waals surface area contributed by atoms with Crippen LogP contribution in [-0.4, -0.2) is 15.5 Å².